The van der Waals surface area contributed by atoms with Crippen LogP contribution in [0.3, 0.4) is 0 Å². The lowest BCUT2D eigenvalue weighted by Crippen LogP contribution is -2.11. The van der Waals surface area contributed by atoms with E-state index < -0.39 is 30.0 Å². The molecule has 0 aromatic heterocycles. The van der Waals surface area contributed by atoms with E-state index in [4.69, 9.17) is 10.8 Å². The molecule has 0 aliphatic heterocycles. The molecular formula is C8H7F2NO3. The average molecular weight is 203 g/mol. The molecule has 14 heavy (non-hydrogen) atoms. The third-order valence-electron chi connectivity index (χ3n) is 1.36. The molecule has 76 valence electrons. The average Bonchev–Trinajstić information content (AvgIpc) is 2.01. The number of hydrogen-bond donors (Lipinski definition) is 2. The lowest BCUT2D eigenvalue weighted by molar-refractivity contribution is -0.139. The standard InChI is InChI=1S/C8H7F2NO3/c9-5-1-4(11)2-6(10)8(5)14-3-7(12)13/h1-2H,3,11H2,(H,12,13). The van der Waals surface area contributed by atoms with E-state index >= 15 is 0 Å². The summed E-state index contributed by atoms with van der Waals surface area (Å²) < 4.78 is 30.2. The smallest absolute Gasteiger partial charge is 0.341 e. The molecule has 0 saturated heterocycles. The van der Waals surface area contributed by atoms with E-state index in [1.807, 2.05) is 0 Å². The molecule has 0 aliphatic rings. The fraction of sp³-hybridized carbons (Fsp3) is 0.125. The second-order valence-electron chi connectivity index (χ2n) is 2.50. The highest BCUT2D eigenvalue weighted by molar-refractivity contribution is 5.68. The largest absolute Gasteiger partial charge is 0.479 e. The number of anilines is 1. The molecule has 0 amide bonds. The van der Waals surface area contributed by atoms with Crippen molar-refractivity contribution in [1.29, 1.82) is 0 Å². The van der Waals surface area contributed by atoms with Gasteiger partial charge in [0.05, 0.1) is 0 Å². The Kier molecular flexibility index (Phi) is 2.85. The molecule has 0 unspecified atom stereocenters. The van der Waals surface area contributed by atoms with Crippen molar-refractivity contribution >= 4 is 11.7 Å². The molecule has 1 aromatic rings. The van der Waals surface area contributed by atoms with Crippen LogP contribution < -0.4 is 10.5 Å². The minimum absolute atomic E-state index is 0.0947. The normalized spacial score (nSPS) is 9.86. The Hall–Kier alpha value is -1.85. The monoisotopic (exact) mass is 203 g/mol. The molecule has 0 aliphatic carbocycles. The number of carbonyl (C=O) groups is 1. The lowest BCUT2D eigenvalue weighted by atomic mass is 10.3. The number of aliphatic carboxylic acids is 1. The number of benzene rings is 1. The van der Waals surface area contributed by atoms with E-state index in [0.29, 0.717) is 0 Å². The fourth-order valence-corrected chi connectivity index (χ4v) is 0.851. The number of ether oxygens (including phenoxy) is 1. The van der Waals surface area contributed by atoms with Gasteiger partial charge in [0.2, 0.25) is 0 Å². The zero-order chi connectivity index (χ0) is 10.7. The summed E-state index contributed by atoms with van der Waals surface area (Å²) in [5.41, 5.74) is 5.04. The van der Waals surface area contributed by atoms with Crippen LogP contribution in [-0.2, 0) is 4.79 Å². The van der Waals surface area contributed by atoms with Gasteiger partial charge in [-0.25, -0.2) is 13.6 Å². The Balaban J connectivity index is 2.91. The predicted octanol–water partition coefficient (Wildman–Crippen LogP) is 1.01. The minimum Gasteiger partial charge on any atom is -0.479 e. The Labute approximate surface area is 77.9 Å². The first kappa shape index (κ1) is 10.2. The number of nitrogen functional groups attached to an aromatic ring is 1. The molecule has 1 aromatic carbocycles. The van der Waals surface area contributed by atoms with E-state index in [0.717, 1.165) is 12.1 Å². The maximum atomic E-state index is 12.9. The van der Waals surface area contributed by atoms with Crippen molar-refractivity contribution in [2.45, 2.75) is 0 Å². The summed E-state index contributed by atoms with van der Waals surface area (Å²) in [6, 6.07) is 1.69. The fourth-order valence-electron chi connectivity index (χ4n) is 0.851. The Morgan fingerprint density at radius 2 is 1.93 bits per heavy atom. The van der Waals surface area contributed by atoms with E-state index in [9.17, 15) is 13.6 Å². The molecule has 0 radical (unpaired) electrons. The maximum Gasteiger partial charge on any atom is 0.341 e. The van der Waals surface area contributed by atoms with Crippen LogP contribution in [0.25, 0.3) is 0 Å². The maximum absolute atomic E-state index is 12.9. The van der Waals surface area contributed by atoms with Crippen LogP contribution in [0, 0.1) is 11.6 Å². The molecule has 3 N–H and O–H groups in total. The zero-order valence-corrected chi connectivity index (χ0v) is 6.96. The number of carboxylic acids is 1. The molecule has 0 saturated carbocycles. The van der Waals surface area contributed by atoms with Gasteiger partial charge in [-0.05, 0) is 0 Å². The van der Waals surface area contributed by atoms with Crippen molar-refractivity contribution in [3.8, 4) is 5.75 Å². The third kappa shape index (κ3) is 2.32. The number of carboxylic acid groups (broad SMARTS) is 1. The van der Waals surface area contributed by atoms with E-state index in [-0.39, 0.29) is 5.69 Å². The van der Waals surface area contributed by atoms with Crippen LogP contribution >= 0.6 is 0 Å². The van der Waals surface area contributed by atoms with Crippen LogP contribution in [0.15, 0.2) is 12.1 Å². The second kappa shape index (κ2) is 3.91. The van der Waals surface area contributed by atoms with Crippen LogP contribution in [0.2, 0.25) is 0 Å². The van der Waals surface area contributed by atoms with Crippen molar-refractivity contribution < 1.29 is 23.4 Å². The highest BCUT2D eigenvalue weighted by Crippen LogP contribution is 2.24. The number of hydrogen-bond acceptors (Lipinski definition) is 3. The minimum atomic E-state index is -1.32. The first-order valence-electron chi connectivity index (χ1n) is 3.60. The van der Waals surface area contributed by atoms with Gasteiger partial charge in [-0.3, -0.25) is 0 Å². The highest BCUT2D eigenvalue weighted by Gasteiger charge is 2.12. The van der Waals surface area contributed by atoms with Crippen LogP contribution in [0.4, 0.5) is 14.5 Å². The summed E-state index contributed by atoms with van der Waals surface area (Å²) >= 11 is 0. The molecule has 0 bridgehead atoms. The first-order valence-corrected chi connectivity index (χ1v) is 3.60. The third-order valence-corrected chi connectivity index (χ3v) is 1.36. The molecule has 4 nitrogen and oxygen atoms in total. The van der Waals surface area contributed by atoms with Gasteiger partial charge in [0.25, 0.3) is 0 Å². The van der Waals surface area contributed by atoms with Gasteiger partial charge in [0, 0.05) is 17.8 Å². The number of rotatable bonds is 3. The summed E-state index contributed by atoms with van der Waals surface area (Å²) in [6.45, 7) is -0.808. The van der Waals surface area contributed by atoms with Gasteiger partial charge in [0.1, 0.15) is 0 Å². The van der Waals surface area contributed by atoms with Crippen molar-refractivity contribution in [1.82, 2.24) is 0 Å². The van der Waals surface area contributed by atoms with Gasteiger partial charge in [0.15, 0.2) is 24.0 Å². The summed E-state index contributed by atoms with van der Waals surface area (Å²) in [4.78, 5) is 10.1. The summed E-state index contributed by atoms with van der Waals surface area (Å²) in [5, 5.41) is 8.22. The van der Waals surface area contributed by atoms with Gasteiger partial charge < -0.3 is 15.6 Å². The topological polar surface area (TPSA) is 72.5 Å². The van der Waals surface area contributed by atoms with Crippen molar-refractivity contribution in [2.75, 3.05) is 12.3 Å². The first-order chi connectivity index (χ1) is 6.50. The second-order valence-corrected chi connectivity index (χ2v) is 2.50. The molecule has 6 heteroatoms. The van der Waals surface area contributed by atoms with Crippen LogP contribution in [0.1, 0.15) is 0 Å². The molecule has 1 rings (SSSR count). The van der Waals surface area contributed by atoms with Crippen LogP contribution in [-0.4, -0.2) is 17.7 Å². The SMILES string of the molecule is Nc1cc(F)c(OCC(=O)O)c(F)c1. The van der Waals surface area contributed by atoms with Gasteiger partial charge in [-0.15, -0.1) is 0 Å². The number of nitrogens with two attached hydrogens (primary N) is 1. The molecule has 0 atom stereocenters. The number of halogens is 2. The Morgan fingerprint density at radius 1 is 1.43 bits per heavy atom. The van der Waals surface area contributed by atoms with Crippen molar-refractivity contribution in [3.05, 3.63) is 23.8 Å². The van der Waals surface area contributed by atoms with Gasteiger partial charge >= 0.3 is 5.97 Å². The quantitative estimate of drug-likeness (QED) is 0.719. The molecule has 0 spiro atoms. The Bertz CT molecular complexity index is 345. The van der Waals surface area contributed by atoms with E-state index in [2.05, 4.69) is 4.74 Å². The highest BCUT2D eigenvalue weighted by atomic mass is 19.1. The zero-order valence-electron chi connectivity index (χ0n) is 6.96. The van der Waals surface area contributed by atoms with Gasteiger partial charge in [-0.2, -0.15) is 0 Å². The van der Waals surface area contributed by atoms with E-state index in [1.165, 1.54) is 0 Å². The summed E-state index contributed by atoms with van der Waals surface area (Å²) in [6.07, 6.45) is 0. The van der Waals surface area contributed by atoms with Crippen LogP contribution in [0.5, 0.6) is 5.75 Å². The molecule has 0 heterocycles. The van der Waals surface area contributed by atoms with E-state index in [1.54, 1.807) is 0 Å². The molecule has 0 fully saturated rings. The van der Waals surface area contributed by atoms with Crippen molar-refractivity contribution in [2.24, 2.45) is 0 Å². The molecular weight excluding hydrogens is 196 g/mol. The predicted molar refractivity (Wildman–Crippen MR) is 43.9 cm³/mol. The Morgan fingerprint density at radius 3 is 2.36 bits per heavy atom. The van der Waals surface area contributed by atoms with Gasteiger partial charge in [-0.1, -0.05) is 0 Å². The van der Waals surface area contributed by atoms with Crippen molar-refractivity contribution in [3.63, 3.8) is 0 Å². The summed E-state index contributed by atoms with van der Waals surface area (Å²) in [5.74, 6) is -4.10. The summed E-state index contributed by atoms with van der Waals surface area (Å²) in [7, 11) is 0. The lowest BCUT2D eigenvalue weighted by Gasteiger charge is -2.06.